The van der Waals surface area contributed by atoms with E-state index in [4.69, 9.17) is 10.5 Å². The number of hydrogen-bond acceptors (Lipinski definition) is 8. The first-order chi connectivity index (χ1) is 18.5. The van der Waals surface area contributed by atoms with E-state index < -0.39 is 23.6 Å². The van der Waals surface area contributed by atoms with E-state index in [0.717, 1.165) is 19.3 Å². The molecule has 9 nitrogen and oxygen atoms in total. The van der Waals surface area contributed by atoms with Crippen molar-refractivity contribution in [3.8, 4) is 0 Å². The number of thiol groups is 2. The van der Waals surface area contributed by atoms with E-state index in [1.807, 2.05) is 0 Å². The number of nitrogen functional groups attached to an aromatic ring is 1. The Balaban J connectivity index is 1.66. The van der Waals surface area contributed by atoms with E-state index in [0.29, 0.717) is 24.1 Å². The summed E-state index contributed by atoms with van der Waals surface area (Å²) in [6.45, 7) is 4.31. The predicted molar refractivity (Wildman–Crippen MR) is 166 cm³/mol. The Labute approximate surface area is 245 Å². The van der Waals surface area contributed by atoms with Gasteiger partial charge < -0.3 is 24.8 Å². The minimum Gasteiger partial charge on any atom is -0.382 e. The lowest BCUT2D eigenvalue weighted by Crippen LogP contribution is -2.29. The van der Waals surface area contributed by atoms with Crippen molar-refractivity contribution in [1.82, 2.24) is 19.5 Å². The highest BCUT2D eigenvalue weighted by Gasteiger charge is 2.37. The zero-order chi connectivity index (χ0) is 28.7. The lowest BCUT2D eigenvalue weighted by molar-refractivity contribution is 0.0139. The van der Waals surface area contributed by atoms with Crippen LogP contribution >= 0.6 is 32.9 Å². The Hall–Kier alpha value is -0.840. The van der Waals surface area contributed by atoms with E-state index in [1.54, 1.807) is 17.8 Å². The normalized spacial score (nSPS) is 14.2. The fourth-order valence-corrected chi connectivity index (χ4v) is 6.70. The summed E-state index contributed by atoms with van der Waals surface area (Å²) in [5.41, 5.74) is 6.86. The molecule has 0 aliphatic carbocycles. The second kappa shape index (κ2) is 17.9. The summed E-state index contributed by atoms with van der Waals surface area (Å²) in [4.78, 5) is 32.3. The molecule has 4 N–H and O–H groups in total. The fraction of sp³-hybridized carbons (Fsp3) is 0.815. The second-order valence-corrected chi connectivity index (χ2v) is 14.7. The monoisotopic (exact) mass is 603 g/mol. The van der Waals surface area contributed by atoms with Gasteiger partial charge in [-0.2, -0.15) is 25.3 Å². The maximum atomic E-state index is 12.3. The van der Waals surface area contributed by atoms with Crippen LogP contribution in [0.15, 0.2) is 12.7 Å². The number of nitrogens with two attached hydrogens (primary N) is 1. The number of hydrogen-bond donors (Lipinski definition) is 5. The standard InChI is InChI=1S/C27H50N5O4PS2/c1-3-4-5-6-7-8-9-10-11-12-13-14-15-16-17-27(38,39)18-23(37(33,34)35)36-22(2)19-32-21-31-24-25(28)29-20-30-26(24)32/h20-23,38-39H,3-19H2,1-2H3,(H2,28,29,30)(H2,33,34,35)/t22-,23-/m1/s1. The van der Waals surface area contributed by atoms with Crippen LogP contribution in [0, 0.1) is 0 Å². The van der Waals surface area contributed by atoms with Crippen molar-refractivity contribution in [3.63, 3.8) is 0 Å². The number of ether oxygens (including phenoxy) is 1. The number of rotatable bonds is 22. The van der Waals surface area contributed by atoms with Crippen LogP contribution < -0.4 is 5.73 Å². The van der Waals surface area contributed by atoms with Crippen LogP contribution in [0.2, 0.25) is 0 Å². The molecule has 2 atom stereocenters. The van der Waals surface area contributed by atoms with Gasteiger partial charge in [-0.1, -0.05) is 96.8 Å². The molecule has 0 bridgehead atoms. The van der Waals surface area contributed by atoms with E-state index in [1.165, 1.54) is 77.0 Å². The highest BCUT2D eigenvalue weighted by atomic mass is 32.2. The molecule has 0 aliphatic rings. The number of anilines is 1. The quantitative estimate of drug-likeness (QED) is 0.0415. The molecule has 0 aliphatic heterocycles. The molecule has 0 spiro atoms. The van der Waals surface area contributed by atoms with Crippen LogP contribution in [0.5, 0.6) is 0 Å². The first-order valence-electron chi connectivity index (χ1n) is 14.6. The Morgan fingerprint density at radius 1 is 0.949 bits per heavy atom. The highest BCUT2D eigenvalue weighted by molar-refractivity contribution is 8.00. The van der Waals surface area contributed by atoms with Gasteiger partial charge in [-0.05, 0) is 13.3 Å². The molecule has 0 unspecified atom stereocenters. The van der Waals surface area contributed by atoms with Gasteiger partial charge >= 0.3 is 7.60 Å². The van der Waals surface area contributed by atoms with Gasteiger partial charge in [0.15, 0.2) is 17.3 Å². The number of imidazole rings is 1. The van der Waals surface area contributed by atoms with Crippen molar-refractivity contribution in [1.29, 1.82) is 0 Å². The van der Waals surface area contributed by atoms with E-state index >= 15 is 0 Å². The molecular weight excluding hydrogens is 553 g/mol. The third-order valence-corrected chi connectivity index (χ3v) is 8.95. The largest absolute Gasteiger partial charge is 0.382 e. The maximum Gasteiger partial charge on any atom is 0.354 e. The van der Waals surface area contributed by atoms with Crippen molar-refractivity contribution >= 4 is 49.8 Å². The van der Waals surface area contributed by atoms with Crippen molar-refractivity contribution in [2.24, 2.45) is 0 Å². The summed E-state index contributed by atoms with van der Waals surface area (Å²) in [7, 11) is -4.54. The lowest BCUT2D eigenvalue weighted by atomic mass is 10.0. The molecule has 2 heterocycles. The molecule has 2 aromatic rings. The summed E-state index contributed by atoms with van der Waals surface area (Å²) in [5.74, 6) is -1.03. The molecule has 0 saturated carbocycles. The SMILES string of the molecule is CCCCCCCCCCCCCCCCC(S)(S)C[C@H](O[C@H](C)Cn1cnc2c(N)ncnc21)P(=O)(O)O. The third kappa shape index (κ3) is 13.6. The van der Waals surface area contributed by atoms with Gasteiger partial charge in [0.2, 0.25) is 0 Å². The van der Waals surface area contributed by atoms with Gasteiger partial charge in [-0.25, -0.2) is 15.0 Å². The molecule has 12 heteroatoms. The lowest BCUT2D eigenvalue weighted by Gasteiger charge is -2.30. The molecular formula is C27H50N5O4PS2. The third-order valence-electron chi connectivity index (χ3n) is 7.08. The van der Waals surface area contributed by atoms with Crippen LogP contribution in [0.4, 0.5) is 5.82 Å². The number of fused-ring (bicyclic) bond motifs is 1. The van der Waals surface area contributed by atoms with Gasteiger partial charge in [-0.15, -0.1) is 0 Å². The minimum absolute atomic E-state index is 0.0338. The predicted octanol–water partition coefficient (Wildman–Crippen LogP) is 7.13. The molecule has 0 radical (unpaired) electrons. The Bertz CT molecular complexity index is 1000. The van der Waals surface area contributed by atoms with Gasteiger partial charge in [0.05, 0.1) is 23.1 Å². The zero-order valence-corrected chi connectivity index (χ0v) is 26.4. The molecule has 0 amide bonds. The van der Waals surface area contributed by atoms with Crippen LogP contribution in [0.3, 0.4) is 0 Å². The van der Waals surface area contributed by atoms with Crippen molar-refractivity contribution in [2.75, 3.05) is 5.73 Å². The maximum absolute atomic E-state index is 12.3. The molecule has 0 aromatic carbocycles. The summed E-state index contributed by atoms with van der Waals surface area (Å²) in [6.07, 6.45) is 21.0. The van der Waals surface area contributed by atoms with Gasteiger partial charge in [0.1, 0.15) is 11.8 Å². The molecule has 0 fully saturated rings. The Kier molecular flexibility index (Phi) is 15.7. The van der Waals surface area contributed by atoms with E-state index in [-0.39, 0.29) is 12.2 Å². The Morgan fingerprint density at radius 3 is 2.03 bits per heavy atom. The Morgan fingerprint density at radius 2 is 1.49 bits per heavy atom. The average molecular weight is 604 g/mol. The van der Waals surface area contributed by atoms with Gasteiger partial charge in [0, 0.05) is 6.42 Å². The number of aromatic nitrogens is 4. The molecule has 224 valence electrons. The molecule has 2 rings (SSSR count). The summed E-state index contributed by atoms with van der Waals surface area (Å²) in [6, 6.07) is 0. The van der Waals surface area contributed by atoms with Crippen LogP contribution in [-0.4, -0.2) is 45.3 Å². The molecule has 0 saturated heterocycles. The second-order valence-electron chi connectivity index (χ2n) is 10.9. The number of unbranched alkanes of at least 4 members (excludes halogenated alkanes) is 13. The van der Waals surface area contributed by atoms with Crippen LogP contribution in [0.25, 0.3) is 11.2 Å². The summed E-state index contributed by atoms with van der Waals surface area (Å²) >= 11 is 9.28. The first-order valence-corrected chi connectivity index (χ1v) is 17.2. The van der Waals surface area contributed by atoms with Crippen molar-refractivity contribution < 1.29 is 19.1 Å². The average Bonchev–Trinajstić information content (AvgIpc) is 3.27. The first kappa shape index (κ1) is 34.4. The van der Waals surface area contributed by atoms with Crippen LogP contribution in [-0.2, 0) is 15.8 Å². The van der Waals surface area contributed by atoms with E-state index in [9.17, 15) is 14.4 Å². The minimum atomic E-state index is -4.54. The van der Waals surface area contributed by atoms with E-state index in [2.05, 4.69) is 47.1 Å². The smallest absolute Gasteiger partial charge is 0.354 e. The van der Waals surface area contributed by atoms with Gasteiger partial charge in [0.25, 0.3) is 0 Å². The van der Waals surface area contributed by atoms with Gasteiger partial charge in [-0.3, -0.25) is 4.57 Å². The summed E-state index contributed by atoms with van der Waals surface area (Å²) < 4.78 is 19.0. The van der Waals surface area contributed by atoms with Crippen LogP contribution in [0.1, 0.15) is 117 Å². The van der Waals surface area contributed by atoms with Crippen molar-refractivity contribution in [2.45, 2.75) is 139 Å². The topological polar surface area (TPSA) is 136 Å². The zero-order valence-electron chi connectivity index (χ0n) is 23.7. The molecule has 2 aromatic heterocycles. The number of nitrogens with zero attached hydrogens (tertiary/aromatic N) is 4. The summed E-state index contributed by atoms with van der Waals surface area (Å²) in [5, 5.41) is 0. The molecule has 39 heavy (non-hydrogen) atoms. The highest BCUT2D eigenvalue weighted by Crippen LogP contribution is 2.49. The fourth-order valence-electron chi connectivity index (χ4n) is 4.85. The van der Waals surface area contributed by atoms with Crippen molar-refractivity contribution in [3.05, 3.63) is 12.7 Å².